The van der Waals surface area contributed by atoms with Gasteiger partial charge in [0.15, 0.2) is 18.3 Å². The van der Waals surface area contributed by atoms with Crippen molar-refractivity contribution in [3.63, 3.8) is 0 Å². The van der Waals surface area contributed by atoms with Gasteiger partial charge in [0.05, 0.1) is 30.4 Å². The molecule has 0 atom stereocenters. The molecule has 2 heterocycles. The molecule has 13 heteroatoms. The maximum atomic E-state index is 14.1. The number of nitrogens with two attached hydrogens (primary N) is 1. The second-order valence-corrected chi connectivity index (χ2v) is 7.36. The second kappa shape index (κ2) is 14.4. The largest absolute Gasteiger partial charge is 0.380 e. The number of primary amides is 1. The first kappa shape index (κ1) is 29.1. The summed E-state index contributed by atoms with van der Waals surface area (Å²) in [6, 6.07) is 10.4. The molecule has 3 rings (SSSR count). The van der Waals surface area contributed by atoms with Gasteiger partial charge in [0.25, 0.3) is 0 Å². The zero-order valence-electron chi connectivity index (χ0n) is 20.2. The zero-order valence-corrected chi connectivity index (χ0v) is 20.2. The van der Waals surface area contributed by atoms with E-state index >= 15 is 0 Å². The molecule has 9 nitrogen and oxygen atoms in total. The molecule has 0 spiro atoms. The van der Waals surface area contributed by atoms with Crippen molar-refractivity contribution < 1.29 is 27.1 Å². The summed E-state index contributed by atoms with van der Waals surface area (Å²) in [5, 5.41) is 4.02. The second-order valence-electron chi connectivity index (χ2n) is 7.36. The third kappa shape index (κ3) is 8.79. The number of ether oxygens (including phenoxy) is 1. The van der Waals surface area contributed by atoms with Crippen molar-refractivity contribution in [2.24, 2.45) is 10.8 Å². The molecule has 3 N–H and O–H groups in total. The van der Waals surface area contributed by atoms with E-state index in [2.05, 4.69) is 31.2 Å². The third-order valence-electron chi connectivity index (χ3n) is 4.74. The molecule has 198 valence electrons. The maximum Gasteiger partial charge on any atom is 0.301 e. The van der Waals surface area contributed by atoms with Gasteiger partial charge in [0.1, 0.15) is 0 Å². The molecule has 0 fully saturated rings. The number of aromatic nitrogens is 3. The van der Waals surface area contributed by atoms with E-state index in [1.54, 1.807) is 36.2 Å². The number of alkyl halides is 3. The average Bonchev–Trinajstić information content (AvgIpc) is 2.90. The molecule has 0 unspecified atom stereocenters. The maximum absolute atomic E-state index is 14.1. The fourth-order valence-corrected chi connectivity index (χ4v) is 2.95. The van der Waals surface area contributed by atoms with Crippen molar-refractivity contribution in [3.05, 3.63) is 65.7 Å². The Labute approximate surface area is 211 Å². The SMILES string of the molecule is CCOCCN(C)c1nc(N/N=C/c2cccc(-c3cccc(C(F)(F)CF)c3)n2)ncc1F.NC=O. The van der Waals surface area contributed by atoms with Crippen LogP contribution in [0.4, 0.5) is 29.3 Å². The highest BCUT2D eigenvalue weighted by atomic mass is 19.3. The van der Waals surface area contributed by atoms with Crippen molar-refractivity contribution in [3.8, 4) is 11.3 Å². The summed E-state index contributed by atoms with van der Waals surface area (Å²) in [6.07, 6.45) is 2.67. The number of likely N-dealkylation sites (N-methyl/N-ethyl adjacent to an activating group) is 1. The molecular formula is C24H27F4N7O2. The fraction of sp³-hybridized carbons (Fsp3) is 0.292. The summed E-state index contributed by atoms with van der Waals surface area (Å²) in [7, 11) is 1.69. The first-order valence-corrected chi connectivity index (χ1v) is 11.0. The summed E-state index contributed by atoms with van der Waals surface area (Å²) in [5.74, 6) is -3.97. The Morgan fingerprint density at radius 3 is 2.65 bits per heavy atom. The number of carbonyl (C=O) groups excluding carboxylic acids is 1. The summed E-state index contributed by atoms with van der Waals surface area (Å²) in [4.78, 5) is 22.6. The Hall–Kier alpha value is -4.13. The van der Waals surface area contributed by atoms with Crippen LogP contribution in [0, 0.1) is 5.82 Å². The highest BCUT2D eigenvalue weighted by molar-refractivity contribution is 5.79. The third-order valence-corrected chi connectivity index (χ3v) is 4.74. The van der Waals surface area contributed by atoms with Crippen molar-refractivity contribution >= 4 is 24.4 Å². The Morgan fingerprint density at radius 1 is 1.22 bits per heavy atom. The standard InChI is InChI=1S/C23H24F4N6O.CH3NO/c1-3-34-11-10-33(2)21-19(25)14-28-22(31-21)32-29-13-18-8-5-9-20(30-18)16-6-4-7-17(12-16)23(26,27)15-24;2-1-3/h4-9,12-14H,3,10-11,15H2,1-2H3,(H,28,31,32);1H,(H2,2,3)/b29-13+;. The van der Waals surface area contributed by atoms with Gasteiger partial charge in [-0.2, -0.15) is 18.9 Å². The zero-order chi connectivity index (χ0) is 27.3. The molecule has 0 saturated carbocycles. The Morgan fingerprint density at radius 2 is 1.95 bits per heavy atom. The van der Waals surface area contributed by atoms with Crippen LogP contribution < -0.4 is 16.1 Å². The van der Waals surface area contributed by atoms with Crippen LogP contribution in [0.5, 0.6) is 0 Å². The van der Waals surface area contributed by atoms with Gasteiger partial charge in [-0.15, -0.1) is 0 Å². The Balaban J connectivity index is 0.00000153. The number of hydrogen-bond acceptors (Lipinski definition) is 8. The van der Waals surface area contributed by atoms with Gasteiger partial charge in [-0.3, -0.25) is 4.79 Å². The lowest BCUT2D eigenvalue weighted by Crippen LogP contribution is -2.25. The molecule has 0 radical (unpaired) electrons. The molecule has 0 aliphatic rings. The number of benzene rings is 1. The number of amides is 1. The van der Waals surface area contributed by atoms with E-state index in [0.29, 0.717) is 36.7 Å². The van der Waals surface area contributed by atoms with Gasteiger partial charge in [-0.25, -0.2) is 24.2 Å². The van der Waals surface area contributed by atoms with Crippen LogP contribution in [0.2, 0.25) is 0 Å². The summed E-state index contributed by atoms with van der Waals surface area (Å²) in [6.45, 7) is 1.52. The monoisotopic (exact) mass is 521 g/mol. The molecule has 0 aliphatic carbocycles. The van der Waals surface area contributed by atoms with Crippen LogP contribution in [0.3, 0.4) is 0 Å². The Bertz CT molecular complexity index is 1180. The van der Waals surface area contributed by atoms with E-state index in [1.807, 2.05) is 6.92 Å². The minimum atomic E-state index is -3.57. The summed E-state index contributed by atoms with van der Waals surface area (Å²) < 4.78 is 59.4. The van der Waals surface area contributed by atoms with Crippen LogP contribution >= 0.6 is 0 Å². The number of carbonyl (C=O) groups is 1. The number of nitrogens with zero attached hydrogens (tertiary/aromatic N) is 5. The first-order chi connectivity index (χ1) is 17.7. The van der Waals surface area contributed by atoms with Crippen molar-refractivity contribution in [2.45, 2.75) is 12.8 Å². The van der Waals surface area contributed by atoms with E-state index in [-0.39, 0.29) is 18.2 Å². The minimum absolute atomic E-state index is 0.0771. The van der Waals surface area contributed by atoms with Crippen LogP contribution in [-0.2, 0) is 15.5 Å². The van der Waals surface area contributed by atoms with Crippen LogP contribution in [0.1, 0.15) is 18.2 Å². The van der Waals surface area contributed by atoms with Crippen LogP contribution in [0.25, 0.3) is 11.3 Å². The quantitative estimate of drug-likeness (QED) is 0.130. The number of rotatable bonds is 11. The highest BCUT2D eigenvalue weighted by Gasteiger charge is 2.31. The van der Waals surface area contributed by atoms with Crippen LogP contribution in [-0.4, -0.2) is 61.1 Å². The van der Waals surface area contributed by atoms with E-state index in [9.17, 15) is 17.6 Å². The van der Waals surface area contributed by atoms with Gasteiger partial charge in [0, 0.05) is 31.3 Å². The van der Waals surface area contributed by atoms with Crippen molar-refractivity contribution in [2.75, 3.05) is 43.8 Å². The smallest absolute Gasteiger partial charge is 0.301 e. The van der Waals surface area contributed by atoms with Crippen molar-refractivity contribution in [1.82, 2.24) is 15.0 Å². The molecular weight excluding hydrogens is 494 g/mol. The lowest BCUT2D eigenvalue weighted by molar-refractivity contribution is -0.106. The fourth-order valence-electron chi connectivity index (χ4n) is 2.95. The number of halogens is 4. The predicted molar refractivity (Wildman–Crippen MR) is 133 cm³/mol. The normalized spacial score (nSPS) is 11.1. The predicted octanol–water partition coefficient (Wildman–Crippen LogP) is 3.76. The molecule has 1 amide bonds. The topological polar surface area (TPSA) is 119 Å². The van der Waals surface area contributed by atoms with Gasteiger partial charge >= 0.3 is 5.92 Å². The number of nitrogens with one attached hydrogen (secondary N) is 1. The first-order valence-electron chi connectivity index (χ1n) is 11.0. The van der Waals surface area contributed by atoms with Gasteiger partial charge in [-0.1, -0.05) is 24.3 Å². The van der Waals surface area contributed by atoms with E-state index in [4.69, 9.17) is 9.53 Å². The number of anilines is 2. The van der Waals surface area contributed by atoms with Crippen molar-refractivity contribution in [1.29, 1.82) is 0 Å². The molecule has 3 aromatic rings. The van der Waals surface area contributed by atoms with Crippen LogP contribution in [0.15, 0.2) is 53.8 Å². The van der Waals surface area contributed by atoms with E-state index < -0.39 is 24.0 Å². The number of pyridine rings is 1. The molecule has 0 aliphatic heterocycles. The minimum Gasteiger partial charge on any atom is -0.380 e. The van der Waals surface area contributed by atoms with E-state index in [1.165, 1.54) is 24.4 Å². The number of hydrogen-bond donors (Lipinski definition) is 2. The number of hydrazone groups is 1. The summed E-state index contributed by atoms with van der Waals surface area (Å²) >= 11 is 0. The molecule has 37 heavy (non-hydrogen) atoms. The lowest BCUT2D eigenvalue weighted by Gasteiger charge is -2.18. The molecule has 0 saturated heterocycles. The van der Waals surface area contributed by atoms with Gasteiger partial charge < -0.3 is 15.4 Å². The lowest BCUT2D eigenvalue weighted by atomic mass is 10.0. The molecule has 1 aromatic carbocycles. The summed E-state index contributed by atoms with van der Waals surface area (Å²) in [5.41, 5.74) is 7.61. The van der Waals surface area contributed by atoms with Gasteiger partial charge in [0.2, 0.25) is 12.4 Å². The highest BCUT2D eigenvalue weighted by Crippen LogP contribution is 2.31. The average molecular weight is 522 g/mol. The van der Waals surface area contributed by atoms with Gasteiger partial charge in [-0.05, 0) is 25.1 Å². The molecule has 2 aromatic heterocycles. The molecule has 0 bridgehead atoms. The Kier molecular flexibility index (Phi) is 11.4. The van der Waals surface area contributed by atoms with E-state index in [0.717, 1.165) is 6.20 Å².